The van der Waals surface area contributed by atoms with Gasteiger partial charge in [0, 0.05) is 5.69 Å². The van der Waals surface area contributed by atoms with E-state index in [1.165, 1.54) is 0 Å². The summed E-state index contributed by atoms with van der Waals surface area (Å²) in [5, 5.41) is 15.7. The van der Waals surface area contributed by atoms with Crippen LogP contribution in [0.15, 0.2) is 36.4 Å². The molecule has 142 valence electrons. The van der Waals surface area contributed by atoms with Crippen molar-refractivity contribution in [2.24, 2.45) is 0 Å². The number of benzene rings is 2. The Morgan fingerprint density at radius 3 is 2.56 bits per heavy atom. The minimum absolute atomic E-state index is 0.133. The Labute approximate surface area is 157 Å². The normalized spacial score (nSPS) is 14.4. The number of rotatable bonds is 4. The predicted molar refractivity (Wildman–Crippen MR) is 99.7 cm³/mol. The summed E-state index contributed by atoms with van der Waals surface area (Å²) in [5.41, 5.74) is 1.67. The summed E-state index contributed by atoms with van der Waals surface area (Å²) in [6, 6.07) is 10.6. The summed E-state index contributed by atoms with van der Waals surface area (Å²) in [6.45, 7) is 5.35. The molecule has 1 unspecified atom stereocenters. The molecule has 3 rings (SSSR count). The topological polar surface area (TPSA) is 96.9 Å². The molecule has 0 saturated carbocycles. The van der Waals surface area contributed by atoms with E-state index in [1.807, 2.05) is 26.0 Å². The van der Waals surface area contributed by atoms with Crippen LogP contribution in [0.1, 0.15) is 23.6 Å². The van der Waals surface area contributed by atoms with Crippen LogP contribution in [0.3, 0.4) is 0 Å². The van der Waals surface area contributed by atoms with Crippen LogP contribution in [0.4, 0.5) is 5.69 Å². The van der Waals surface area contributed by atoms with Gasteiger partial charge in [-0.2, -0.15) is 0 Å². The van der Waals surface area contributed by atoms with Gasteiger partial charge >= 0.3 is 11.8 Å². The molecule has 0 radical (unpaired) electrons. The van der Waals surface area contributed by atoms with Crippen molar-refractivity contribution in [1.29, 1.82) is 0 Å². The molecular weight excluding hydrogens is 348 g/mol. The summed E-state index contributed by atoms with van der Waals surface area (Å²) in [6.07, 6.45) is 0. The van der Waals surface area contributed by atoms with Gasteiger partial charge in [0.2, 0.25) is 6.79 Å². The molecule has 0 aromatic heterocycles. The van der Waals surface area contributed by atoms with E-state index >= 15 is 0 Å². The van der Waals surface area contributed by atoms with Gasteiger partial charge < -0.3 is 25.2 Å². The number of nitrogens with one attached hydrogen (secondary N) is 2. The third-order valence-electron chi connectivity index (χ3n) is 4.42. The highest BCUT2D eigenvalue weighted by molar-refractivity contribution is 6.39. The average molecular weight is 370 g/mol. The number of amides is 2. The van der Waals surface area contributed by atoms with Gasteiger partial charge in [-0.15, -0.1) is 0 Å². The Bertz CT molecular complexity index is 892. The first-order valence-corrected chi connectivity index (χ1v) is 8.55. The summed E-state index contributed by atoms with van der Waals surface area (Å²) in [4.78, 5) is 24.2. The molecule has 2 aromatic rings. The summed E-state index contributed by atoms with van der Waals surface area (Å²) >= 11 is 0. The van der Waals surface area contributed by atoms with Crippen LogP contribution in [0.2, 0.25) is 0 Å². The molecule has 1 heterocycles. The van der Waals surface area contributed by atoms with Crippen molar-refractivity contribution in [3.8, 4) is 11.5 Å². The zero-order valence-electron chi connectivity index (χ0n) is 15.5. The number of carbonyl (C=O) groups excluding carboxylic acids is 2. The molecule has 27 heavy (non-hydrogen) atoms. The highest BCUT2D eigenvalue weighted by atomic mass is 16.7. The molecule has 1 atom stereocenters. The van der Waals surface area contributed by atoms with Gasteiger partial charge in [0.1, 0.15) is 5.60 Å². The van der Waals surface area contributed by atoms with Gasteiger partial charge in [-0.05, 0) is 50.1 Å². The lowest BCUT2D eigenvalue weighted by Gasteiger charge is -2.24. The third kappa shape index (κ3) is 4.20. The van der Waals surface area contributed by atoms with Crippen LogP contribution in [-0.2, 0) is 15.2 Å². The molecule has 2 amide bonds. The number of hydrogen-bond donors (Lipinski definition) is 3. The number of fused-ring (bicyclic) bond motifs is 1. The summed E-state index contributed by atoms with van der Waals surface area (Å²) < 4.78 is 10.5. The SMILES string of the molecule is Cc1ccc(NC(=O)C(=O)NCC(C)(O)c2ccc3c(c2)OCO3)c(C)c1. The van der Waals surface area contributed by atoms with E-state index in [0.717, 1.165) is 11.1 Å². The molecule has 1 aliphatic heterocycles. The number of aliphatic hydroxyl groups is 1. The Hall–Kier alpha value is -3.06. The van der Waals surface area contributed by atoms with E-state index in [9.17, 15) is 14.7 Å². The average Bonchev–Trinajstić information content (AvgIpc) is 3.09. The van der Waals surface area contributed by atoms with E-state index in [0.29, 0.717) is 22.7 Å². The van der Waals surface area contributed by atoms with Gasteiger partial charge in [-0.3, -0.25) is 9.59 Å². The van der Waals surface area contributed by atoms with Crippen LogP contribution >= 0.6 is 0 Å². The van der Waals surface area contributed by atoms with Crippen LogP contribution in [-0.4, -0.2) is 30.3 Å². The molecule has 0 aliphatic carbocycles. The zero-order valence-corrected chi connectivity index (χ0v) is 15.5. The predicted octanol–water partition coefficient (Wildman–Crippen LogP) is 1.99. The van der Waals surface area contributed by atoms with Gasteiger partial charge in [0.25, 0.3) is 0 Å². The molecule has 7 nitrogen and oxygen atoms in total. The first-order valence-electron chi connectivity index (χ1n) is 8.55. The Morgan fingerprint density at radius 2 is 1.81 bits per heavy atom. The fourth-order valence-corrected chi connectivity index (χ4v) is 2.80. The van der Waals surface area contributed by atoms with Crippen molar-refractivity contribution < 1.29 is 24.2 Å². The van der Waals surface area contributed by atoms with Gasteiger partial charge in [0.15, 0.2) is 11.5 Å². The summed E-state index contributed by atoms with van der Waals surface area (Å²) in [5.74, 6) is -0.474. The van der Waals surface area contributed by atoms with E-state index in [1.54, 1.807) is 31.2 Å². The molecule has 3 N–H and O–H groups in total. The van der Waals surface area contributed by atoms with Crippen LogP contribution < -0.4 is 20.1 Å². The highest BCUT2D eigenvalue weighted by Gasteiger charge is 2.27. The Kier molecular flexibility index (Phi) is 5.05. The first-order chi connectivity index (χ1) is 12.8. The monoisotopic (exact) mass is 370 g/mol. The number of anilines is 1. The largest absolute Gasteiger partial charge is 0.454 e. The molecule has 7 heteroatoms. The van der Waals surface area contributed by atoms with E-state index in [4.69, 9.17) is 9.47 Å². The fraction of sp³-hybridized carbons (Fsp3) is 0.300. The smallest absolute Gasteiger partial charge is 0.313 e. The van der Waals surface area contributed by atoms with E-state index in [-0.39, 0.29) is 13.3 Å². The molecule has 0 spiro atoms. The van der Waals surface area contributed by atoms with Crippen LogP contribution in [0, 0.1) is 13.8 Å². The van der Waals surface area contributed by atoms with E-state index in [2.05, 4.69) is 10.6 Å². The molecule has 0 saturated heterocycles. The second kappa shape index (κ2) is 7.28. The molecular formula is C20H22N2O5. The maximum atomic E-state index is 12.1. The first kappa shape index (κ1) is 18.7. The lowest BCUT2D eigenvalue weighted by Crippen LogP contribution is -2.43. The number of ether oxygens (including phenoxy) is 2. The second-order valence-corrected chi connectivity index (χ2v) is 6.80. The number of aryl methyl sites for hydroxylation is 2. The lowest BCUT2D eigenvalue weighted by atomic mass is 9.95. The molecule has 0 bridgehead atoms. The Morgan fingerprint density at radius 1 is 1.07 bits per heavy atom. The maximum absolute atomic E-state index is 12.1. The minimum Gasteiger partial charge on any atom is -0.454 e. The zero-order chi connectivity index (χ0) is 19.6. The van der Waals surface area contributed by atoms with Gasteiger partial charge in [-0.25, -0.2) is 0 Å². The number of carbonyl (C=O) groups is 2. The molecule has 1 aliphatic rings. The molecule has 2 aromatic carbocycles. The van der Waals surface area contributed by atoms with Crippen molar-refractivity contribution in [3.05, 3.63) is 53.1 Å². The fourth-order valence-electron chi connectivity index (χ4n) is 2.80. The van der Waals surface area contributed by atoms with Crippen molar-refractivity contribution in [3.63, 3.8) is 0 Å². The highest BCUT2D eigenvalue weighted by Crippen LogP contribution is 2.35. The molecule has 0 fully saturated rings. The second-order valence-electron chi connectivity index (χ2n) is 6.80. The minimum atomic E-state index is -1.38. The van der Waals surface area contributed by atoms with E-state index < -0.39 is 17.4 Å². The quantitative estimate of drug-likeness (QED) is 0.715. The van der Waals surface area contributed by atoms with Crippen molar-refractivity contribution in [1.82, 2.24) is 5.32 Å². The van der Waals surface area contributed by atoms with Crippen LogP contribution in [0.5, 0.6) is 11.5 Å². The lowest BCUT2D eigenvalue weighted by molar-refractivity contribution is -0.136. The van der Waals surface area contributed by atoms with Gasteiger partial charge in [-0.1, -0.05) is 23.8 Å². The maximum Gasteiger partial charge on any atom is 0.313 e. The standard InChI is InChI=1S/C20H22N2O5/c1-12-4-6-15(13(2)8-12)22-19(24)18(23)21-10-20(3,25)14-5-7-16-17(9-14)27-11-26-16/h4-9,25H,10-11H2,1-3H3,(H,21,23)(H,22,24). The van der Waals surface area contributed by atoms with Crippen molar-refractivity contribution in [2.75, 3.05) is 18.7 Å². The summed E-state index contributed by atoms with van der Waals surface area (Å²) in [7, 11) is 0. The van der Waals surface area contributed by atoms with Crippen molar-refractivity contribution >= 4 is 17.5 Å². The Balaban J connectivity index is 1.61. The third-order valence-corrected chi connectivity index (χ3v) is 4.42. The van der Waals surface area contributed by atoms with Crippen molar-refractivity contribution in [2.45, 2.75) is 26.4 Å². The number of hydrogen-bond acceptors (Lipinski definition) is 5. The van der Waals surface area contributed by atoms with Gasteiger partial charge in [0.05, 0.1) is 6.54 Å². The van der Waals surface area contributed by atoms with Crippen LogP contribution in [0.25, 0.3) is 0 Å².